The molecule has 0 saturated carbocycles. The number of ether oxygens (including phenoxy) is 3. The molecular formula is C29H27FO5. The van der Waals surface area contributed by atoms with Gasteiger partial charge in [0.05, 0.1) is 0 Å². The van der Waals surface area contributed by atoms with Gasteiger partial charge >= 0.3 is 11.9 Å². The van der Waals surface area contributed by atoms with Crippen LogP contribution in [-0.2, 0) is 14.3 Å². The van der Waals surface area contributed by atoms with Crippen LogP contribution in [0.5, 0.6) is 11.5 Å². The molecule has 0 aromatic heterocycles. The van der Waals surface area contributed by atoms with Gasteiger partial charge in [-0.3, -0.25) is 0 Å². The van der Waals surface area contributed by atoms with E-state index in [0.29, 0.717) is 39.3 Å². The molecule has 35 heavy (non-hydrogen) atoms. The molecule has 0 N–H and O–H groups in total. The fraction of sp³-hybridized carbons (Fsp3) is 0.172. The predicted molar refractivity (Wildman–Crippen MR) is 134 cm³/mol. The van der Waals surface area contributed by atoms with E-state index in [1.807, 2.05) is 19.1 Å². The number of hydrogen-bond donors (Lipinski definition) is 0. The lowest BCUT2D eigenvalue weighted by molar-refractivity contribution is -0.139. The minimum Gasteiger partial charge on any atom is -0.490 e. The van der Waals surface area contributed by atoms with Gasteiger partial charge in [-0.05, 0) is 73.4 Å². The Labute approximate surface area is 204 Å². The number of esters is 2. The second kappa shape index (κ2) is 11.3. The number of benzene rings is 3. The summed E-state index contributed by atoms with van der Waals surface area (Å²) in [6.07, 6.45) is 0. The lowest BCUT2D eigenvalue weighted by Gasteiger charge is -2.11. The standard InChI is InChI=1S/C29H27FO5/c1-18(2)28(31)34-15-14-33-24-10-6-21(7-11-24)25-12-8-23(17-26(25)30)22-9-13-27(20(5)16-22)35-29(32)19(3)4/h6-13,16-17H,1,3,14-15H2,2,4-5H3. The maximum atomic E-state index is 15.0. The Morgan fingerprint density at radius 2 is 1.40 bits per heavy atom. The van der Waals surface area contributed by atoms with Crippen LogP contribution in [-0.4, -0.2) is 25.2 Å². The van der Waals surface area contributed by atoms with E-state index in [1.54, 1.807) is 56.3 Å². The SMILES string of the molecule is C=C(C)C(=O)OCCOc1ccc(-c2ccc(-c3ccc(OC(=O)C(=C)C)c(C)c3)cc2F)cc1. The average Bonchev–Trinajstić information content (AvgIpc) is 2.83. The van der Waals surface area contributed by atoms with E-state index < -0.39 is 11.9 Å². The molecule has 0 saturated heterocycles. The highest BCUT2D eigenvalue weighted by Gasteiger charge is 2.12. The third-order valence-electron chi connectivity index (χ3n) is 5.13. The van der Waals surface area contributed by atoms with E-state index in [9.17, 15) is 14.0 Å². The first-order valence-electron chi connectivity index (χ1n) is 11.0. The second-order valence-corrected chi connectivity index (χ2v) is 8.13. The van der Waals surface area contributed by atoms with E-state index in [2.05, 4.69) is 13.2 Å². The van der Waals surface area contributed by atoms with Crippen molar-refractivity contribution >= 4 is 11.9 Å². The Balaban J connectivity index is 1.67. The highest BCUT2D eigenvalue weighted by molar-refractivity contribution is 5.89. The molecule has 180 valence electrons. The van der Waals surface area contributed by atoms with E-state index in [4.69, 9.17) is 14.2 Å². The first kappa shape index (κ1) is 25.4. The van der Waals surface area contributed by atoms with Crippen molar-refractivity contribution in [2.75, 3.05) is 13.2 Å². The van der Waals surface area contributed by atoms with Gasteiger partial charge in [-0.15, -0.1) is 0 Å². The van der Waals surface area contributed by atoms with Crippen molar-refractivity contribution in [3.8, 4) is 33.8 Å². The first-order valence-corrected chi connectivity index (χ1v) is 11.0. The molecule has 0 unspecified atom stereocenters. The lowest BCUT2D eigenvalue weighted by Crippen LogP contribution is -2.12. The molecule has 0 bridgehead atoms. The fourth-order valence-electron chi connectivity index (χ4n) is 3.21. The molecule has 0 aliphatic rings. The Morgan fingerprint density at radius 3 is 2.00 bits per heavy atom. The summed E-state index contributed by atoms with van der Waals surface area (Å²) in [6, 6.07) is 17.4. The molecule has 0 fully saturated rings. The molecule has 0 atom stereocenters. The van der Waals surface area contributed by atoms with Crippen molar-refractivity contribution in [3.63, 3.8) is 0 Å². The van der Waals surface area contributed by atoms with Crippen molar-refractivity contribution < 1.29 is 28.2 Å². The molecule has 0 aliphatic carbocycles. The summed E-state index contributed by atoms with van der Waals surface area (Å²) in [5, 5.41) is 0. The number of rotatable bonds is 9. The summed E-state index contributed by atoms with van der Waals surface area (Å²) in [7, 11) is 0. The maximum Gasteiger partial charge on any atom is 0.338 e. The predicted octanol–water partition coefficient (Wildman–Crippen LogP) is 6.45. The molecule has 0 aliphatic heterocycles. The molecule has 0 radical (unpaired) electrons. The van der Waals surface area contributed by atoms with Crippen LogP contribution >= 0.6 is 0 Å². The summed E-state index contributed by atoms with van der Waals surface area (Å²) in [5.74, 6) is -0.285. The maximum absolute atomic E-state index is 15.0. The van der Waals surface area contributed by atoms with Gasteiger partial charge in [-0.1, -0.05) is 43.5 Å². The number of halogens is 1. The van der Waals surface area contributed by atoms with Crippen LogP contribution in [0.15, 0.2) is 85.0 Å². The van der Waals surface area contributed by atoms with Crippen molar-refractivity contribution in [1.82, 2.24) is 0 Å². The zero-order valence-electron chi connectivity index (χ0n) is 20.0. The van der Waals surface area contributed by atoms with E-state index in [-0.39, 0.29) is 19.0 Å². The van der Waals surface area contributed by atoms with Crippen molar-refractivity contribution in [3.05, 3.63) is 96.3 Å². The monoisotopic (exact) mass is 474 g/mol. The summed E-state index contributed by atoms with van der Waals surface area (Å²) >= 11 is 0. The normalized spacial score (nSPS) is 10.4. The van der Waals surface area contributed by atoms with Crippen LogP contribution in [0, 0.1) is 12.7 Å². The second-order valence-electron chi connectivity index (χ2n) is 8.13. The zero-order valence-corrected chi connectivity index (χ0v) is 20.0. The van der Waals surface area contributed by atoms with Crippen molar-refractivity contribution in [2.45, 2.75) is 20.8 Å². The number of hydrogen-bond acceptors (Lipinski definition) is 5. The molecule has 0 heterocycles. The quantitative estimate of drug-likeness (QED) is 0.154. The van der Waals surface area contributed by atoms with Crippen LogP contribution < -0.4 is 9.47 Å². The molecule has 3 aromatic carbocycles. The topological polar surface area (TPSA) is 61.8 Å². The van der Waals surface area contributed by atoms with E-state index in [1.165, 1.54) is 6.07 Å². The molecule has 3 rings (SSSR count). The van der Waals surface area contributed by atoms with E-state index >= 15 is 0 Å². The summed E-state index contributed by atoms with van der Waals surface area (Å²) in [6.45, 7) is 12.4. The Morgan fingerprint density at radius 1 is 0.800 bits per heavy atom. The van der Waals surface area contributed by atoms with Gasteiger partial charge in [-0.25, -0.2) is 14.0 Å². The van der Waals surface area contributed by atoms with Gasteiger partial charge in [0, 0.05) is 16.7 Å². The molecular weight excluding hydrogens is 447 g/mol. The van der Waals surface area contributed by atoms with Crippen molar-refractivity contribution in [1.29, 1.82) is 0 Å². The van der Waals surface area contributed by atoms with Gasteiger partial charge in [-0.2, -0.15) is 0 Å². The fourth-order valence-corrected chi connectivity index (χ4v) is 3.21. The Bertz CT molecular complexity index is 1270. The van der Waals surface area contributed by atoms with E-state index in [0.717, 1.165) is 11.1 Å². The number of carbonyl (C=O) groups is 2. The highest BCUT2D eigenvalue weighted by Crippen LogP contribution is 2.31. The average molecular weight is 475 g/mol. The molecule has 5 nitrogen and oxygen atoms in total. The third-order valence-corrected chi connectivity index (χ3v) is 5.13. The summed E-state index contributed by atoms with van der Waals surface area (Å²) in [4.78, 5) is 23.1. The van der Waals surface area contributed by atoms with Crippen LogP contribution in [0.1, 0.15) is 19.4 Å². The van der Waals surface area contributed by atoms with Crippen LogP contribution in [0.25, 0.3) is 22.3 Å². The molecule has 0 amide bonds. The summed E-state index contributed by atoms with van der Waals surface area (Å²) in [5.41, 5.74) is 4.07. The van der Waals surface area contributed by atoms with Gasteiger partial charge < -0.3 is 14.2 Å². The van der Waals surface area contributed by atoms with Gasteiger partial charge in [0.15, 0.2) is 0 Å². The van der Waals surface area contributed by atoms with Crippen LogP contribution in [0.4, 0.5) is 4.39 Å². The van der Waals surface area contributed by atoms with Crippen LogP contribution in [0.3, 0.4) is 0 Å². The van der Waals surface area contributed by atoms with Crippen LogP contribution in [0.2, 0.25) is 0 Å². The highest BCUT2D eigenvalue weighted by atomic mass is 19.1. The smallest absolute Gasteiger partial charge is 0.338 e. The molecule has 3 aromatic rings. The number of carbonyl (C=O) groups excluding carboxylic acids is 2. The van der Waals surface area contributed by atoms with Crippen molar-refractivity contribution in [2.24, 2.45) is 0 Å². The minimum absolute atomic E-state index is 0.111. The Kier molecular flexibility index (Phi) is 8.21. The summed E-state index contributed by atoms with van der Waals surface area (Å²) < 4.78 is 30.8. The van der Waals surface area contributed by atoms with Gasteiger partial charge in [0.25, 0.3) is 0 Å². The molecule has 0 spiro atoms. The lowest BCUT2D eigenvalue weighted by atomic mass is 9.98. The van der Waals surface area contributed by atoms with Gasteiger partial charge in [0.1, 0.15) is 30.5 Å². The Hall–Kier alpha value is -4.19. The third kappa shape index (κ3) is 6.67. The molecule has 6 heteroatoms. The minimum atomic E-state index is -0.487. The van der Waals surface area contributed by atoms with Gasteiger partial charge in [0.2, 0.25) is 0 Å². The largest absolute Gasteiger partial charge is 0.490 e. The first-order chi connectivity index (χ1) is 16.7. The number of aryl methyl sites for hydroxylation is 1. The zero-order chi connectivity index (χ0) is 25.5.